The first-order valence-corrected chi connectivity index (χ1v) is 8.16. The number of carbonyl (C=O) groups excluding carboxylic acids is 1. The van der Waals surface area contributed by atoms with Crippen LogP contribution in [0.15, 0.2) is 27.8 Å². The average Bonchev–Trinajstić information content (AvgIpc) is 3.01. The molecule has 0 radical (unpaired) electrons. The van der Waals surface area contributed by atoms with Crippen molar-refractivity contribution in [2.45, 2.75) is 10.8 Å². The van der Waals surface area contributed by atoms with Gasteiger partial charge in [-0.2, -0.15) is 0 Å². The summed E-state index contributed by atoms with van der Waals surface area (Å²) in [5, 5.41) is 11.0. The van der Waals surface area contributed by atoms with Crippen LogP contribution in [0.1, 0.15) is 14.5 Å². The lowest BCUT2D eigenvalue weighted by Gasteiger charge is -2.25. The number of carboxylic acid groups (broad SMARTS) is 1. The molecule has 7 heteroatoms. The Balaban J connectivity index is 1.96. The number of aromatic carboxylic acids is 1. The number of thioether (sulfide) groups is 1. The Morgan fingerprint density at radius 1 is 1.47 bits per heavy atom. The van der Waals surface area contributed by atoms with Gasteiger partial charge in [0, 0.05) is 4.88 Å². The minimum atomic E-state index is -0.941. The van der Waals surface area contributed by atoms with E-state index in [1.807, 2.05) is 17.5 Å². The Morgan fingerprint density at radius 2 is 2.32 bits per heavy atom. The Morgan fingerprint density at radius 3 is 3.00 bits per heavy atom. The van der Waals surface area contributed by atoms with Crippen LogP contribution in [-0.2, 0) is 11.3 Å². The molecule has 19 heavy (non-hydrogen) atoms. The smallest absolute Gasteiger partial charge is 0.345 e. The number of thiophene rings is 2. The van der Waals surface area contributed by atoms with E-state index in [9.17, 15) is 9.59 Å². The Bertz CT molecular complexity index is 633. The van der Waals surface area contributed by atoms with E-state index in [1.54, 1.807) is 22.3 Å². The van der Waals surface area contributed by atoms with Gasteiger partial charge in [0.25, 0.3) is 0 Å². The normalized spacial score (nSPS) is 14.5. The predicted octanol–water partition coefficient (Wildman–Crippen LogP) is 3.15. The molecule has 0 unspecified atom stereocenters. The van der Waals surface area contributed by atoms with Crippen molar-refractivity contribution in [3.8, 4) is 0 Å². The van der Waals surface area contributed by atoms with Crippen LogP contribution < -0.4 is 4.90 Å². The summed E-state index contributed by atoms with van der Waals surface area (Å²) in [5.41, 5.74) is 0.733. The summed E-state index contributed by atoms with van der Waals surface area (Å²) in [6.45, 7) is 0.514. The summed E-state index contributed by atoms with van der Waals surface area (Å²) in [6, 6.07) is 5.52. The van der Waals surface area contributed by atoms with E-state index in [4.69, 9.17) is 5.11 Å². The molecular weight excluding hydrogens is 302 g/mol. The van der Waals surface area contributed by atoms with Gasteiger partial charge < -0.3 is 10.0 Å². The zero-order valence-electron chi connectivity index (χ0n) is 9.66. The first-order valence-electron chi connectivity index (χ1n) is 5.48. The fraction of sp³-hybridized carbons (Fsp3) is 0.167. The third kappa shape index (κ3) is 2.41. The van der Waals surface area contributed by atoms with Crippen LogP contribution in [0.2, 0.25) is 0 Å². The van der Waals surface area contributed by atoms with Crippen molar-refractivity contribution in [1.82, 2.24) is 0 Å². The van der Waals surface area contributed by atoms with Crippen LogP contribution in [0, 0.1) is 0 Å². The van der Waals surface area contributed by atoms with Gasteiger partial charge in [-0.1, -0.05) is 6.07 Å². The number of carbonyl (C=O) groups is 2. The van der Waals surface area contributed by atoms with E-state index in [0.29, 0.717) is 12.3 Å². The van der Waals surface area contributed by atoms with Gasteiger partial charge in [-0.15, -0.1) is 34.4 Å². The number of carboxylic acids is 1. The molecule has 3 heterocycles. The molecule has 1 aliphatic rings. The van der Waals surface area contributed by atoms with Gasteiger partial charge in [0.05, 0.1) is 22.2 Å². The average molecular weight is 311 g/mol. The van der Waals surface area contributed by atoms with E-state index in [1.165, 1.54) is 23.1 Å². The third-order valence-electron chi connectivity index (χ3n) is 2.70. The number of anilines is 1. The van der Waals surface area contributed by atoms with E-state index in [-0.39, 0.29) is 10.8 Å². The van der Waals surface area contributed by atoms with Gasteiger partial charge in [-0.3, -0.25) is 4.79 Å². The van der Waals surface area contributed by atoms with Crippen LogP contribution in [-0.4, -0.2) is 22.7 Å². The molecule has 0 saturated carbocycles. The van der Waals surface area contributed by atoms with Crippen LogP contribution >= 0.6 is 34.4 Å². The van der Waals surface area contributed by atoms with Gasteiger partial charge in [0.1, 0.15) is 4.88 Å². The number of nitrogens with zero attached hydrogens (tertiary/aromatic N) is 1. The molecule has 0 aliphatic carbocycles. The highest BCUT2D eigenvalue weighted by atomic mass is 32.2. The zero-order valence-corrected chi connectivity index (χ0v) is 12.1. The Hall–Kier alpha value is -1.31. The number of amides is 1. The molecule has 0 saturated heterocycles. The van der Waals surface area contributed by atoms with Crippen molar-refractivity contribution in [3.63, 3.8) is 0 Å². The molecule has 0 spiro atoms. The van der Waals surface area contributed by atoms with E-state index < -0.39 is 5.97 Å². The monoisotopic (exact) mass is 311 g/mol. The lowest BCUT2D eigenvalue weighted by atomic mass is 10.3. The lowest BCUT2D eigenvalue weighted by Crippen LogP contribution is -2.33. The first kappa shape index (κ1) is 12.7. The van der Waals surface area contributed by atoms with Crippen molar-refractivity contribution in [1.29, 1.82) is 0 Å². The van der Waals surface area contributed by atoms with Crippen molar-refractivity contribution in [2.75, 3.05) is 10.7 Å². The summed E-state index contributed by atoms with van der Waals surface area (Å²) in [4.78, 5) is 26.1. The SMILES string of the molecule is O=C(O)c1cc2c(s1)SCC(=O)N2Cc1cccs1. The first-order chi connectivity index (χ1) is 9.15. The fourth-order valence-electron chi connectivity index (χ4n) is 1.83. The molecular formula is C12H9NO3S3. The highest BCUT2D eigenvalue weighted by molar-refractivity contribution is 8.02. The number of fused-ring (bicyclic) bond motifs is 1. The van der Waals surface area contributed by atoms with Crippen molar-refractivity contribution in [2.24, 2.45) is 0 Å². The molecule has 0 bridgehead atoms. The molecule has 98 valence electrons. The van der Waals surface area contributed by atoms with E-state index >= 15 is 0 Å². The van der Waals surface area contributed by atoms with Crippen molar-refractivity contribution in [3.05, 3.63) is 33.3 Å². The second-order valence-corrected chi connectivity index (χ2v) is 7.26. The van der Waals surface area contributed by atoms with Crippen LogP contribution in [0.25, 0.3) is 0 Å². The summed E-state index contributed by atoms with van der Waals surface area (Å²) >= 11 is 4.25. The molecule has 0 atom stereocenters. The summed E-state index contributed by atoms with van der Waals surface area (Å²) in [6.07, 6.45) is 0. The second-order valence-electron chi connectivity index (χ2n) is 3.94. The lowest BCUT2D eigenvalue weighted by molar-refractivity contribution is -0.116. The number of rotatable bonds is 3. The molecule has 2 aromatic heterocycles. The molecule has 0 fully saturated rings. The number of hydrogen-bond acceptors (Lipinski definition) is 5. The minimum absolute atomic E-state index is 0.0284. The fourth-order valence-corrected chi connectivity index (χ4v) is 4.67. The van der Waals surface area contributed by atoms with Crippen molar-refractivity contribution >= 4 is 52.0 Å². The zero-order chi connectivity index (χ0) is 13.4. The number of hydrogen-bond donors (Lipinski definition) is 1. The summed E-state index contributed by atoms with van der Waals surface area (Å²) in [7, 11) is 0. The van der Waals surface area contributed by atoms with Crippen LogP contribution in [0.3, 0.4) is 0 Å². The van der Waals surface area contributed by atoms with Crippen LogP contribution in [0.5, 0.6) is 0 Å². The van der Waals surface area contributed by atoms with Gasteiger partial charge in [0.15, 0.2) is 0 Å². The minimum Gasteiger partial charge on any atom is -0.477 e. The molecule has 4 nitrogen and oxygen atoms in total. The predicted molar refractivity (Wildman–Crippen MR) is 77.5 cm³/mol. The second kappa shape index (κ2) is 4.99. The largest absolute Gasteiger partial charge is 0.477 e. The Labute approximate surface area is 121 Å². The van der Waals surface area contributed by atoms with E-state index in [0.717, 1.165) is 14.8 Å². The molecule has 0 aromatic carbocycles. The van der Waals surface area contributed by atoms with Crippen LogP contribution in [0.4, 0.5) is 5.69 Å². The molecule has 1 aliphatic heterocycles. The molecule has 3 rings (SSSR count). The van der Waals surface area contributed by atoms with Gasteiger partial charge in [-0.25, -0.2) is 4.79 Å². The summed E-state index contributed by atoms with van der Waals surface area (Å²) in [5.74, 6) is -0.540. The third-order valence-corrected chi connectivity index (χ3v) is 5.94. The summed E-state index contributed by atoms with van der Waals surface area (Å²) < 4.78 is 0.911. The van der Waals surface area contributed by atoms with Gasteiger partial charge in [0.2, 0.25) is 5.91 Å². The highest BCUT2D eigenvalue weighted by Gasteiger charge is 2.28. The standard InChI is InChI=1S/C12H9NO3S3/c14-10-6-18-12-8(4-9(19-12)11(15)16)13(10)5-7-2-1-3-17-7/h1-4H,5-6H2,(H,15,16). The quantitative estimate of drug-likeness (QED) is 0.946. The van der Waals surface area contributed by atoms with Gasteiger partial charge in [-0.05, 0) is 17.5 Å². The topological polar surface area (TPSA) is 57.6 Å². The maximum atomic E-state index is 12.0. The van der Waals surface area contributed by atoms with E-state index in [2.05, 4.69) is 0 Å². The maximum absolute atomic E-state index is 12.0. The van der Waals surface area contributed by atoms with Crippen molar-refractivity contribution < 1.29 is 14.7 Å². The molecule has 1 amide bonds. The Kier molecular flexibility index (Phi) is 3.34. The molecule has 2 aromatic rings. The highest BCUT2D eigenvalue weighted by Crippen LogP contribution is 2.42. The molecule has 1 N–H and O–H groups in total. The maximum Gasteiger partial charge on any atom is 0.345 e. The van der Waals surface area contributed by atoms with Gasteiger partial charge >= 0.3 is 5.97 Å².